The number of ether oxygens (including phenoxy) is 2. The van der Waals surface area contributed by atoms with E-state index in [1.807, 2.05) is 6.07 Å². The molecule has 4 N–H and O–H groups in total. The number of nitrogen functional groups attached to an aromatic ring is 1. The molecular weight excluding hydrogens is 422 g/mol. The van der Waals surface area contributed by atoms with Gasteiger partial charge in [-0.05, 0) is 44.5 Å². The number of amides is 2. The largest absolute Gasteiger partial charge is 0.459 e. The molecule has 8 nitrogen and oxygen atoms in total. The number of primary amides is 1. The molecule has 0 aliphatic rings. The van der Waals surface area contributed by atoms with Crippen LogP contribution in [0, 0.1) is 0 Å². The van der Waals surface area contributed by atoms with Crippen LogP contribution in [0.15, 0.2) is 48.5 Å². The van der Waals surface area contributed by atoms with E-state index in [2.05, 4.69) is 0 Å². The average molecular weight is 448 g/mol. The summed E-state index contributed by atoms with van der Waals surface area (Å²) < 4.78 is 10.8. The Morgan fingerprint density at radius 1 is 1.10 bits per heavy atom. The van der Waals surface area contributed by atoms with Crippen molar-refractivity contribution in [3.8, 4) is 0 Å². The minimum absolute atomic E-state index is 0.0535. The molecule has 0 aliphatic carbocycles. The lowest BCUT2D eigenvalue weighted by Gasteiger charge is -2.32. The lowest BCUT2D eigenvalue weighted by atomic mass is 10.1. The summed E-state index contributed by atoms with van der Waals surface area (Å²) in [5, 5.41) is 0.272. The van der Waals surface area contributed by atoms with Crippen LogP contribution in [0.3, 0.4) is 0 Å². The van der Waals surface area contributed by atoms with Crippen LogP contribution in [-0.4, -0.2) is 29.6 Å². The Labute approximate surface area is 186 Å². The Bertz CT molecular complexity index is 944. The molecule has 2 amide bonds. The number of esters is 1. The summed E-state index contributed by atoms with van der Waals surface area (Å²) in [5.74, 6) is -1.65. The lowest BCUT2D eigenvalue weighted by Crippen LogP contribution is -2.50. The molecular formula is C22H26ClN3O5. The number of carbonyl (C=O) groups excluding carboxylic acids is 3. The lowest BCUT2D eigenvalue weighted by molar-refractivity contribution is -0.147. The van der Waals surface area contributed by atoms with E-state index in [4.69, 9.17) is 32.5 Å². The van der Waals surface area contributed by atoms with E-state index in [1.54, 1.807) is 45.0 Å². The number of hydrogen-bond donors (Lipinski definition) is 2. The van der Waals surface area contributed by atoms with Gasteiger partial charge in [-0.1, -0.05) is 41.9 Å². The maximum absolute atomic E-state index is 13.1. The first-order chi connectivity index (χ1) is 14.5. The van der Waals surface area contributed by atoms with Crippen LogP contribution < -0.4 is 16.4 Å². The number of halogens is 1. The summed E-state index contributed by atoms with van der Waals surface area (Å²) in [6.07, 6.45) is -1.40. The molecule has 0 aromatic heterocycles. The van der Waals surface area contributed by atoms with E-state index in [-0.39, 0.29) is 23.0 Å². The molecule has 9 heteroatoms. The third-order valence-corrected chi connectivity index (χ3v) is 4.28. The molecule has 0 bridgehead atoms. The van der Waals surface area contributed by atoms with Crippen LogP contribution in [0.5, 0.6) is 0 Å². The van der Waals surface area contributed by atoms with Crippen molar-refractivity contribution in [3.63, 3.8) is 0 Å². The van der Waals surface area contributed by atoms with E-state index in [1.165, 1.54) is 18.2 Å². The van der Waals surface area contributed by atoms with Crippen LogP contribution in [0.4, 0.5) is 16.2 Å². The third-order valence-electron chi connectivity index (χ3n) is 4.04. The highest BCUT2D eigenvalue weighted by molar-refractivity contribution is 6.31. The molecule has 0 heterocycles. The second kappa shape index (κ2) is 10.2. The van der Waals surface area contributed by atoms with Gasteiger partial charge in [0.25, 0.3) is 0 Å². The van der Waals surface area contributed by atoms with Crippen LogP contribution in [0.25, 0.3) is 0 Å². The van der Waals surface area contributed by atoms with E-state index >= 15 is 0 Å². The van der Waals surface area contributed by atoms with E-state index in [0.717, 1.165) is 10.5 Å². The first-order valence-corrected chi connectivity index (χ1v) is 9.92. The summed E-state index contributed by atoms with van der Waals surface area (Å²) in [6.45, 7) is 4.95. The summed E-state index contributed by atoms with van der Waals surface area (Å²) in [7, 11) is 0. The first-order valence-electron chi connectivity index (χ1n) is 9.54. The number of nitrogens with two attached hydrogens (primary N) is 2. The average Bonchev–Trinajstić information content (AvgIpc) is 2.67. The minimum Gasteiger partial charge on any atom is -0.459 e. The normalized spacial score (nSPS) is 12.0. The predicted molar refractivity (Wildman–Crippen MR) is 118 cm³/mol. The molecule has 0 fully saturated rings. The Morgan fingerprint density at radius 2 is 1.74 bits per heavy atom. The van der Waals surface area contributed by atoms with Gasteiger partial charge in [0, 0.05) is 5.02 Å². The highest BCUT2D eigenvalue weighted by atomic mass is 35.5. The van der Waals surface area contributed by atoms with Gasteiger partial charge in [0.1, 0.15) is 18.2 Å². The van der Waals surface area contributed by atoms with Gasteiger partial charge in [0.15, 0.2) is 0 Å². The fraction of sp³-hybridized carbons (Fsp3) is 0.318. The molecule has 0 unspecified atom stereocenters. The monoisotopic (exact) mass is 447 g/mol. The van der Waals surface area contributed by atoms with E-state index in [0.29, 0.717) is 0 Å². The van der Waals surface area contributed by atoms with E-state index < -0.39 is 36.0 Å². The SMILES string of the molecule is CC(C)(C)OC(=O)N(c1cc(Cl)ccc1N)[C@H](CC(N)=O)C(=O)OCc1ccccc1. The topological polar surface area (TPSA) is 125 Å². The van der Waals surface area contributed by atoms with Crippen molar-refractivity contribution in [2.45, 2.75) is 45.4 Å². The summed E-state index contributed by atoms with van der Waals surface area (Å²) in [5.41, 5.74) is 11.5. The van der Waals surface area contributed by atoms with Gasteiger partial charge in [-0.2, -0.15) is 0 Å². The Balaban J connectivity index is 2.44. The van der Waals surface area contributed by atoms with Gasteiger partial charge in [0.2, 0.25) is 5.91 Å². The van der Waals surface area contributed by atoms with Gasteiger partial charge in [-0.3, -0.25) is 9.69 Å². The van der Waals surface area contributed by atoms with Crippen molar-refractivity contribution in [1.29, 1.82) is 0 Å². The quantitative estimate of drug-likeness (QED) is 0.493. The Kier molecular flexibility index (Phi) is 7.88. The van der Waals surface area contributed by atoms with Gasteiger partial charge in [0.05, 0.1) is 17.8 Å². The maximum atomic E-state index is 13.1. The van der Waals surface area contributed by atoms with Crippen molar-refractivity contribution in [3.05, 3.63) is 59.1 Å². The molecule has 0 saturated carbocycles. The number of anilines is 2. The molecule has 166 valence electrons. The molecule has 1 atom stereocenters. The molecule has 2 aromatic carbocycles. The molecule has 0 spiro atoms. The molecule has 31 heavy (non-hydrogen) atoms. The highest BCUT2D eigenvalue weighted by Crippen LogP contribution is 2.31. The predicted octanol–water partition coefficient (Wildman–Crippen LogP) is 3.65. The summed E-state index contributed by atoms with van der Waals surface area (Å²) in [4.78, 5) is 38.8. The van der Waals surface area contributed by atoms with Crippen LogP contribution >= 0.6 is 11.6 Å². The Morgan fingerprint density at radius 3 is 2.32 bits per heavy atom. The summed E-state index contributed by atoms with van der Waals surface area (Å²) in [6, 6.07) is 12.0. The third kappa shape index (κ3) is 7.18. The zero-order valence-corrected chi connectivity index (χ0v) is 18.4. The molecule has 2 rings (SSSR count). The van der Waals surface area contributed by atoms with Crippen LogP contribution in [0.1, 0.15) is 32.8 Å². The van der Waals surface area contributed by atoms with Gasteiger partial charge >= 0.3 is 12.1 Å². The fourth-order valence-corrected chi connectivity index (χ4v) is 2.89. The standard InChI is InChI=1S/C22H26ClN3O5/c1-22(2,3)31-21(29)26(17-11-15(23)9-10-16(17)24)18(12-19(25)27)20(28)30-13-14-7-5-4-6-8-14/h4-11,18H,12-13,24H2,1-3H3,(H2,25,27)/t18-/m1/s1. The second-order valence-corrected chi connectivity index (χ2v) is 8.27. The van der Waals surface area contributed by atoms with Crippen molar-refractivity contribution in [1.82, 2.24) is 0 Å². The zero-order chi connectivity index (χ0) is 23.2. The highest BCUT2D eigenvalue weighted by Gasteiger charge is 2.37. The van der Waals surface area contributed by atoms with Crippen molar-refractivity contribution < 1.29 is 23.9 Å². The number of benzene rings is 2. The van der Waals surface area contributed by atoms with Gasteiger partial charge in [-0.25, -0.2) is 9.59 Å². The Hall–Kier alpha value is -3.26. The van der Waals surface area contributed by atoms with Gasteiger partial charge < -0.3 is 20.9 Å². The number of hydrogen-bond acceptors (Lipinski definition) is 6. The zero-order valence-electron chi connectivity index (χ0n) is 17.6. The molecule has 0 radical (unpaired) electrons. The number of rotatable bonds is 7. The molecule has 0 aliphatic heterocycles. The van der Waals surface area contributed by atoms with Gasteiger partial charge in [-0.15, -0.1) is 0 Å². The summed E-state index contributed by atoms with van der Waals surface area (Å²) >= 11 is 6.09. The second-order valence-electron chi connectivity index (χ2n) is 7.83. The van der Waals surface area contributed by atoms with E-state index in [9.17, 15) is 14.4 Å². The fourth-order valence-electron chi connectivity index (χ4n) is 2.73. The smallest absolute Gasteiger partial charge is 0.415 e. The van der Waals surface area contributed by atoms with Crippen molar-refractivity contribution >= 4 is 40.9 Å². The number of carbonyl (C=O) groups is 3. The number of nitrogens with zero attached hydrogens (tertiary/aromatic N) is 1. The molecule has 2 aromatic rings. The van der Waals surface area contributed by atoms with Crippen molar-refractivity contribution in [2.75, 3.05) is 10.6 Å². The van der Waals surface area contributed by atoms with Crippen molar-refractivity contribution in [2.24, 2.45) is 5.73 Å². The van der Waals surface area contributed by atoms with Crippen LogP contribution in [-0.2, 0) is 25.7 Å². The first kappa shape index (κ1) is 24.0. The molecule has 0 saturated heterocycles. The minimum atomic E-state index is -1.41. The maximum Gasteiger partial charge on any atom is 0.415 e. The van der Waals surface area contributed by atoms with Crippen LogP contribution in [0.2, 0.25) is 5.02 Å².